The van der Waals surface area contributed by atoms with E-state index in [-0.39, 0.29) is 6.03 Å². The molecule has 1 N–H and O–H groups in total. The Bertz CT molecular complexity index is 585. The molecule has 132 valence electrons. The van der Waals surface area contributed by atoms with Crippen LogP contribution in [0.1, 0.15) is 30.4 Å². The first-order chi connectivity index (χ1) is 11.7. The summed E-state index contributed by atoms with van der Waals surface area (Å²) in [6, 6.07) is 3.98. The number of hydrogen-bond donors (Lipinski definition) is 1. The molecule has 2 amide bonds. The Morgan fingerprint density at radius 3 is 2.71 bits per heavy atom. The summed E-state index contributed by atoms with van der Waals surface area (Å²) in [4.78, 5) is 14.2. The first kappa shape index (κ1) is 16.9. The van der Waals surface area contributed by atoms with Crippen LogP contribution in [0.2, 0.25) is 0 Å². The molecule has 1 saturated heterocycles. The van der Waals surface area contributed by atoms with Crippen molar-refractivity contribution in [1.82, 2.24) is 10.2 Å². The van der Waals surface area contributed by atoms with E-state index in [2.05, 4.69) is 5.32 Å². The van der Waals surface area contributed by atoms with Gasteiger partial charge in [0.15, 0.2) is 11.5 Å². The number of hydrogen-bond acceptors (Lipinski definition) is 4. The summed E-state index contributed by atoms with van der Waals surface area (Å²) >= 11 is 0. The summed E-state index contributed by atoms with van der Waals surface area (Å²) in [7, 11) is 3.27. The highest BCUT2D eigenvalue weighted by Crippen LogP contribution is 2.33. The molecule has 2 heterocycles. The molecule has 1 aromatic rings. The van der Waals surface area contributed by atoms with Gasteiger partial charge in [-0.2, -0.15) is 0 Å². The number of nitrogens with one attached hydrogen (secondary N) is 1. The number of rotatable bonds is 5. The molecule has 2 aliphatic heterocycles. The molecule has 0 saturated carbocycles. The van der Waals surface area contributed by atoms with Crippen molar-refractivity contribution in [2.75, 3.05) is 33.9 Å². The van der Waals surface area contributed by atoms with E-state index in [0.717, 1.165) is 43.6 Å². The minimum absolute atomic E-state index is 0.00608. The number of carbonyl (C=O) groups is 1. The van der Waals surface area contributed by atoms with Crippen LogP contribution in [-0.4, -0.2) is 51.0 Å². The van der Waals surface area contributed by atoms with Gasteiger partial charge in [0.05, 0.1) is 20.3 Å². The van der Waals surface area contributed by atoms with Gasteiger partial charge < -0.3 is 24.4 Å². The first-order valence-electron chi connectivity index (χ1n) is 8.59. The monoisotopic (exact) mass is 334 g/mol. The van der Waals surface area contributed by atoms with Crippen LogP contribution in [0.25, 0.3) is 0 Å². The highest BCUT2D eigenvalue weighted by Gasteiger charge is 2.23. The van der Waals surface area contributed by atoms with E-state index in [9.17, 15) is 4.79 Å². The number of methoxy groups -OCH3 is 2. The van der Waals surface area contributed by atoms with Gasteiger partial charge in [-0.1, -0.05) is 0 Å². The molecule has 0 bridgehead atoms. The number of benzene rings is 1. The largest absolute Gasteiger partial charge is 0.493 e. The summed E-state index contributed by atoms with van der Waals surface area (Å²) in [6.07, 6.45) is 4.27. The lowest BCUT2D eigenvalue weighted by Crippen LogP contribution is -2.43. The third kappa shape index (κ3) is 3.75. The molecule has 0 spiro atoms. The molecular weight excluding hydrogens is 308 g/mol. The van der Waals surface area contributed by atoms with Crippen LogP contribution in [0.4, 0.5) is 4.79 Å². The second-order valence-corrected chi connectivity index (χ2v) is 6.30. The van der Waals surface area contributed by atoms with Gasteiger partial charge in [-0.15, -0.1) is 0 Å². The van der Waals surface area contributed by atoms with Crippen LogP contribution in [0.15, 0.2) is 12.1 Å². The van der Waals surface area contributed by atoms with Crippen molar-refractivity contribution in [3.63, 3.8) is 0 Å². The molecule has 1 atom stereocenters. The molecule has 1 fully saturated rings. The Morgan fingerprint density at radius 2 is 2.04 bits per heavy atom. The smallest absolute Gasteiger partial charge is 0.317 e. The Balaban J connectivity index is 1.56. The van der Waals surface area contributed by atoms with E-state index >= 15 is 0 Å². The Labute approximate surface area is 143 Å². The fourth-order valence-corrected chi connectivity index (χ4v) is 3.38. The van der Waals surface area contributed by atoms with Crippen molar-refractivity contribution >= 4 is 6.03 Å². The summed E-state index contributed by atoms with van der Waals surface area (Å²) in [5.74, 6) is 1.45. The number of fused-ring (bicyclic) bond motifs is 1. The Kier molecular flexibility index (Phi) is 5.45. The topological polar surface area (TPSA) is 60.0 Å². The average molecular weight is 334 g/mol. The summed E-state index contributed by atoms with van der Waals surface area (Å²) < 4.78 is 16.3. The number of carbonyl (C=O) groups excluding carboxylic acids is 1. The summed E-state index contributed by atoms with van der Waals surface area (Å²) in [6.45, 7) is 2.83. The highest BCUT2D eigenvalue weighted by atomic mass is 16.5. The van der Waals surface area contributed by atoms with Crippen LogP contribution in [-0.2, 0) is 17.7 Å². The van der Waals surface area contributed by atoms with Gasteiger partial charge >= 0.3 is 6.03 Å². The molecule has 3 rings (SSSR count). The van der Waals surface area contributed by atoms with E-state index in [1.54, 1.807) is 14.2 Å². The summed E-state index contributed by atoms with van der Waals surface area (Å²) in [5.41, 5.74) is 2.34. The Morgan fingerprint density at radius 1 is 1.29 bits per heavy atom. The molecule has 1 unspecified atom stereocenters. The average Bonchev–Trinajstić information content (AvgIpc) is 3.13. The van der Waals surface area contributed by atoms with Gasteiger partial charge in [-0.3, -0.25) is 0 Å². The van der Waals surface area contributed by atoms with E-state index in [0.29, 0.717) is 31.5 Å². The van der Waals surface area contributed by atoms with Crippen LogP contribution in [0.5, 0.6) is 11.5 Å². The second-order valence-electron chi connectivity index (χ2n) is 6.30. The summed E-state index contributed by atoms with van der Waals surface area (Å²) in [5, 5.41) is 3.01. The standard InChI is InChI=1S/C18H26N2O4/c1-22-16-10-13-6-8-20(12-14(13)11-17(16)23-2)18(21)19-7-5-15-4-3-9-24-15/h10-11,15H,3-9,12H2,1-2H3,(H,19,21). The van der Waals surface area contributed by atoms with Crippen LogP contribution < -0.4 is 14.8 Å². The molecule has 6 nitrogen and oxygen atoms in total. The number of nitrogens with zero attached hydrogens (tertiary/aromatic N) is 1. The lowest BCUT2D eigenvalue weighted by atomic mass is 9.99. The van der Waals surface area contributed by atoms with Crippen molar-refractivity contribution < 1.29 is 19.0 Å². The zero-order valence-electron chi connectivity index (χ0n) is 14.5. The SMILES string of the molecule is COc1cc2c(cc1OC)CN(C(=O)NCCC1CCCO1)CC2. The van der Waals surface area contributed by atoms with Crippen LogP contribution >= 0.6 is 0 Å². The van der Waals surface area contributed by atoms with Gasteiger partial charge in [-0.25, -0.2) is 4.79 Å². The van der Waals surface area contributed by atoms with Crippen molar-refractivity contribution in [3.8, 4) is 11.5 Å². The molecule has 1 aromatic carbocycles. The van der Waals surface area contributed by atoms with Gasteiger partial charge in [0, 0.05) is 26.2 Å². The predicted molar refractivity (Wildman–Crippen MR) is 90.6 cm³/mol. The van der Waals surface area contributed by atoms with E-state index < -0.39 is 0 Å². The third-order valence-corrected chi connectivity index (χ3v) is 4.77. The molecule has 2 aliphatic rings. The van der Waals surface area contributed by atoms with E-state index in [4.69, 9.17) is 14.2 Å². The molecule has 6 heteroatoms. The van der Waals surface area contributed by atoms with Crippen LogP contribution in [0, 0.1) is 0 Å². The van der Waals surface area contributed by atoms with E-state index in [1.165, 1.54) is 5.56 Å². The third-order valence-electron chi connectivity index (χ3n) is 4.77. The van der Waals surface area contributed by atoms with Crippen molar-refractivity contribution in [2.45, 2.75) is 38.3 Å². The number of urea groups is 1. The normalized spacial score (nSPS) is 19.8. The molecule has 0 aromatic heterocycles. The zero-order chi connectivity index (χ0) is 16.9. The van der Waals surface area contributed by atoms with Crippen molar-refractivity contribution in [2.24, 2.45) is 0 Å². The Hall–Kier alpha value is -1.95. The first-order valence-corrected chi connectivity index (χ1v) is 8.59. The highest BCUT2D eigenvalue weighted by molar-refractivity contribution is 5.74. The number of ether oxygens (including phenoxy) is 3. The fourth-order valence-electron chi connectivity index (χ4n) is 3.38. The minimum atomic E-state index is -0.00608. The molecular formula is C18H26N2O4. The minimum Gasteiger partial charge on any atom is -0.493 e. The second kappa shape index (κ2) is 7.75. The van der Waals surface area contributed by atoms with Crippen molar-refractivity contribution in [3.05, 3.63) is 23.3 Å². The van der Waals surface area contributed by atoms with Gasteiger partial charge in [0.2, 0.25) is 0 Å². The quantitative estimate of drug-likeness (QED) is 0.898. The molecule has 24 heavy (non-hydrogen) atoms. The maximum absolute atomic E-state index is 12.4. The maximum Gasteiger partial charge on any atom is 0.317 e. The predicted octanol–water partition coefficient (Wildman–Crippen LogP) is 2.34. The van der Waals surface area contributed by atoms with E-state index in [1.807, 2.05) is 17.0 Å². The number of amides is 2. The van der Waals surface area contributed by atoms with Gasteiger partial charge in [0.1, 0.15) is 0 Å². The lowest BCUT2D eigenvalue weighted by molar-refractivity contribution is 0.104. The maximum atomic E-state index is 12.4. The zero-order valence-corrected chi connectivity index (χ0v) is 14.5. The molecule has 0 aliphatic carbocycles. The lowest BCUT2D eigenvalue weighted by Gasteiger charge is -2.29. The van der Waals surface area contributed by atoms with Crippen molar-refractivity contribution in [1.29, 1.82) is 0 Å². The fraction of sp³-hybridized carbons (Fsp3) is 0.611. The molecule has 0 radical (unpaired) electrons. The van der Waals surface area contributed by atoms with Gasteiger partial charge in [-0.05, 0) is 48.9 Å². The van der Waals surface area contributed by atoms with Gasteiger partial charge in [0.25, 0.3) is 0 Å². The van der Waals surface area contributed by atoms with Crippen LogP contribution in [0.3, 0.4) is 0 Å².